The molecule has 0 spiro atoms. The summed E-state index contributed by atoms with van der Waals surface area (Å²) in [6, 6.07) is 0. The average Bonchev–Trinajstić information content (AvgIpc) is 3.39. The summed E-state index contributed by atoms with van der Waals surface area (Å²) in [6.07, 6.45) is 47.2. The van der Waals surface area contributed by atoms with E-state index in [0.717, 1.165) is 96.3 Å². The third-order valence-corrected chi connectivity index (χ3v) is 14.5. The first-order valence-electron chi connectivity index (χ1n) is 31.3. The van der Waals surface area contributed by atoms with Crippen LogP contribution in [0.25, 0.3) is 0 Å². The standard InChI is InChI=1S/C63H114O12/c1-4-7-10-13-16-19-22-25-26-27-28-29-30-33-34-37-40-43-46-49-55(64)71-52-54(73-56(65)50-47-44-41-38-35-31-23-20-17-14-11-8-5-2)53-72-63-61(59(68)58(67)60(75-63)62(69)70)74-57(66)51-48-45-42-39-36-32-24-21-18-15-12-9-6-3/h20-21,23-24,54,58-61,63,67-68H,4-19,22,25-53H2,1-3H3,(H,69,70)/b23-20-,24-21-. The second kappa shape index (κ2) is 51.9. The third-order valence-electron chi connectivity index (χ3n) is 14.5. The van der Waals surface area contributed by atoms with Crippen molar-refractivity contribution in [3.05, 3.63) is 24.3 Å². The Balaban J connectivity index is 2.64. The molecule has 0 amide bonds. The molecular weight excluding hydrogens is 949 g/mol. The minimum atomic E-state index is -1.90. The number of carbonyl (C=O) groups is 4. The van der Waals surface area contributed by atoms with Gasteiger partial charge in [0.1, 0.15) is 18.8 Å². The van der Waals surface area contributed by atoms with E-state index < -0.39 is 67.3 Å². The summed E-state index contributed by atoms with van der Waals surface area (Å²) in [7, 11) is 0. The molecule has 12 nitrogen and oxygen atoms in total. The van der Waals surface area contributed by atoms with Crippen molar-refractivity contribution in [3.8, 4) is 0 Å². The number of esters is 3. The van der Waals surface area contributed by atoms with Gasteiger partial charge >= 0.3 is 23.9 Å². The predicted octanol–water partition coefficient (Wildman–Crippen LogP) is 16.2. The van der Waals surface area contributed by atoms with Gasteiger partial charge in [-0.05, 0) is 70.6 Å². The van der Waals surface area contributed by atoms with E-state index in [9.17, 15) is 34.5 Å². The number of aliphatic carboxylic acids is 1. The van der Waals surface area contributed by atoms with E-state index in [-0.39, 0.29) is 25.9 Å². The quantitative estimate of drug-likeness (QED) is 0.0228. The van der Waals surface area contributed by atoms with Crippen molar-refractivity contribution >= 4 is 23.9 Å². The van der Waals surface area contributed by atoms with E-state index in [1.807, 2.05) is 0 Å². The zero-order valence-corrected chi connectivity index (χ0v) is 48.3. The van der Waals surface area contributed by atoms with Gasteiger partial charge in [-0.25, -0.2) is 4.79 Å². The zero-order valence-electron chi connectivity index (χ0n) is 48.3. The fourth-order valence-electron chi connectivity index (χ4n) is 9.65. The van der Waals surface area contributed by atoms with Crippen LogP contribution in [-0.2, 0) is 42.9 Å². The first kappa shape index (κ1) is 70.2. The lowest BCUT2D eigenvalue weighted by molar-refractivity contribution is -0.301. The molecule has 0 saturated carbocycles. The molecule has 1 aliphatic heterocycles. The number of unbranched alkanes of at least 4 members (excludes halogenated alkanes) is 36. The van der Waals surface area contributed by atoms with Gasteiger partial charge in [-0.1, -0.05) is 238 Å². The number of carboxylic acids is 1. The van der Waals surface area contributed by atoms with Gasteiger partial charge in [0.2, 0.25) is 0 Å². The number of hydrogen-bond donors (Lipinski definition) is 3. The fourth-order valence-corrected chi connectivity index (χ4v) is 9.65. The molecule has 1 saturated heterocycles. The summed E-state index contributed by atoms with van der Waals surface area (Å²) in [4.78, 5) is 51.1. The summed E-state index contributed by atoms with van der Waals surface area (Å²) < 4.78 is 28.5. The topological polar surface area (TPSA) is 175 Å². The van der Waals surface area contributed by atoms with Crippen LogP contribution in [0.5, 0.6) is 0 Å². The predicted molar refractivity (Wildman–Crippen MR) is 303 cm³/mol. The van der Waals surface area contributed by atoms with E-state index in [1.165, 1.54) is 148 Å². The highest BCUT2D eigenvalue weighted by atomic mass is 16.7. The number of allylic oxidation sites excluding steroid dienone is 4. The molecule has 0 aromatic rings. The first-order valence-corrected chi connectivity index (χ1v) is 31.3. The number of hydrogen-bond acceptors (Lipinski definition) is 11. The maximum absolute atomic E-state index is 13.1. The lowest BCUT2D eigenvalue weighted by Crippen LogP contribution is -2.61. The Morgan fingerprint density at radius 2 is 0.760 bits per heavy atom. The Labute approximate surface area is 458 Å². The second-order valence-corrected chi connectivity index (χ2v) is 21.7. The normalized spacial score (nSPS) is 18.2. The van der Waals surface area contributed by atoms with Gasteiger partial charge in [-0.2, -0.15) is 0 Å². The summed E-state index contributed by atoms with van der Waals surface area (Å²) in [5, 5.41) is 31.5. The highest BCUT2D eigenvalue weighted by molar-refractivity contribution is 5.74. The maximum atomic E-state index is 13.1. The van der Waals surface area contributed by atoms with Crippen molar-refractivity contribution in [2.45, 2.75) is 340 Å². The van der Waals surface area contributed by atoms with Gasteiger partial charge < -0.3 is 39.0 Å². The van der Waals surface area contributed by atoms with Crippen molar-refractivity contribution in [2.75, 3.05) is 13.2 Å². The molecule has 6 atom stereocenters. The summed E-state index contributed by atoms with van der Waals surface area (Å²) in [5.74, 6) is -3.11. The highest BCUT2D eigenvalue weighted by Crippen LogP contribution is 2.27. The van der Waals surface area contributed by atoms with Crippen molar-refractivity contribution in [2.24, 2.45) is 0 Å². The average molecular weight is 1060 g/mol. The molecule has 6 unspecified atom stereocenters. The Morgan fingerprint density at radius 1 is 0.427 bits per heavy atom. The molecule has 1 heterocycles. The Morgan fingerprint density at radius 3 is 1.15 bits per heavy atom. The van der Waals surface area contributed by atoms with Crippen LogP contribution >= 0.6 is 0 Å². The van der Waals surface area contributed by atoms with Crippen molar-refractivity contribution in [3.63, 3.8) is 0 Å². The van der Waals surface area contributed by atoms with Gasteiger partial charge in [-0.15, -0.1) is 0 Å². The number of aliphatic hydroxyl groups is 2. The van der Waals surface area contributed by atoms with Crippen LogP contribution in [0.2, 0.25) is 0 Å². The molecule has 0 aromatic heterocycles. The van der Waals surface area contributed by atoms with Crippen LogP contribution < -0.4 is 0 Å². The van der Waals surface area contributed by atoms with Gasteiger partial charge in [0.25, 0.3) is 0 Å². The number of aliphatic hydroxyl groups excluding tert-OH is 2. The van der Waals surface area contributed by atoms with Crippen molar-refractivity contribution in [1.29, 1.82) is 0 Å². The molecule has 0 aromatic carbocycles. The molecule has 0 radical (unpaired) electrons. The lowest BCUT2D eigenvalue weighted by Gasteiger charge is -2.40. The van der Waals surface area contributed by atoms with Crippen LogP contribution in [0.1, 0.15) is 303 Å². The SMILES string of the molecule is CCCCCC/C=C\CCCCCCCC(=O)OC(COC(=O)CCCCCCCCCCCCCCCCCCCCC)COC1OC(C(=O)O)C(O)C(O)C1OC(=O)CCCCCCC/C=C\CCCCCC. The maximum Gasteiger partial charge on any atom is 0.335 e. The van der Waals surface area contributed by atoms with Gasteiger partial charge in [0.05, 0.1) is 6.61 Å². The third kappa shape index (κ3) is 41.9. The number of rotatable bonds is 54. The highest BCUT2D eigenvalue weighted by Gasteiger charge is 2.50. The van der Waals surface area contributed by atoms with Crippen LogP contribution in [0.4, 0.5) is 0 Å². The molecule has 1 fully saturated rings. The summed E-state index contributed by atoms with van der Waals surface area (Å²) in [6.45, 7) is 5.99. The van der Waals surface area contributed by atoms with E-state index in [4.69, 9.17) is 23.7 Å². The second-order valence-electron chi connectivity index (χ2n) is 21.7. The van der Waals surface area contributed by atoms with Crippen LogP contribution in [-0.4, -0.2) is 89.2 Å². The largest absolute Gasteiger partial charge is 0.479 e. The molecule has 438 valence electrons. The summed E-state index contributed by atoms with van der Waals surface area (Å²) >= 11 is 0. The Bertz CT molecular complexity index is 1400. The molecule has 0 aliphatic carbocycles. The first-order chi connectivity index (χ1) is 36.6. The fraction of sp³-hybridized carbons (Fsp3) is 0.873. The molecular formula is C63H114O12. The molecule has 75 heavy (non-hydrogen) atoms. The zero-order chi connectivity index (χ0) is 54.7. The number of ether oxygens (including phenoxy) is 5. The van der Waals surface area contributed by atoms with E-state index in [0.29, 0.717) is 19.3 Å². The van der Waals surface area contributed by atoms with Gasteiger partial charge in [0, 0.05) is 19.3 Å². The molecule has 1 aliphatic rings. The monoisotopic (exact) mass is 1060 g/mol. The Kier molecular flexibility index (Phi) is 48.6. The molecule has 1 rings (SSSR count). The van der Waals surface area contributed by atoms with Crippen LogP contribution in [0, 0.1) is 0 Å². The van der Waals surface area contributed by atoms with E-state index in [2.05, 4.69) is 45.1 Å². The lowest BCUT2D eigenvalue weighted by atomic mass is 9.98. The smallest absolute Gasteiger partial charge is 0.335 e. The number of carbonyl (C=O) groups excluding carboxylic acids is 3. The Hall–Kier alpha value is -2.80. The minimum absolute atomic E-state index is 0.0536. The summed E-state index contributed by atoms with van der Waals surface area (Å²) in [5.41, 5.74) is 0. The van der Waals surface area contributed by atoms with E-state index >= 15 is 0 Å². The molecule has 0 bridgehead atoms. The van der Waals surface area contributed by atoms with E-state index in [1.54, 1.807) is 0 Å². The molecule has 12 heteroatoms. The van der Waals surface area contributed by atoms with Crippen molar-refractivity contribution < 1.29 is 58.2 Å². The van der Waals surface area contributed by atoms with Crippen molar-refractivity contribution in [1.82, 2.24) is 0 Å². The van der Waals surface area contributed by atoms with Gasteiger partial charge in [0.15, 0.2) is 24.6 Å². The van der Waals surface area contributed by atoms with Crippen LogP contribution in [0.3, 0.4) is 0 Å². The minimum Gasteiger partial charge on any atom is -0.479 e. The van der Waals surface area contributed by atoms with Crippen LogP contribution in [0.15, 0.2) is 24.3 Å². The molecule has 3 N–H and O–H groups in total. The van der Waals surface area contributed by atoms with Gasteiger partial charge in [-0.3, -0.25) is 14.4 Å². The number of carboxylic acid groups (broad SMARTS) is 1.